The predicted molar refractivity (Wildman–Crippen MR) is 97.2 cm³/mol. The van der Waals surface area contributed by atoms with Crippen LogP contribution in [0.2, 0.25) is 10.3 Å². The van der Waals surface area contributed by atoms with Crippen LogP contribution in [-0.2, 0) is 4.74 Å². The molecule has 1 saturated heterocycles. The van der Waals surface area contributed by atoms with Crippen molar-refractivity contribution in [2.75, 3.05) is 19.8 Å². The number of ether oxygens (including phenoxy) is 1. The number of morpholine rings is 1. The average molecular weight is 393 g/mol. The molecule has 2 aromatic heterocycles. The van der Waals surface area contributed by atoms with Gasteiger partial charge in [0.2, 0.25) is 0 Å². The number of halogens is 2. The molecule has 1 amide bonds. The molecule has 0 saturated carbocycles. The molecule has 134 valence electrons. The van der Waals surface area contributed by atoms with E-state index >= 15 is 0 Å². The predicted octanol–water partition coefficient (Wildman–Crippen LogP) is 3.78. The number of carbonyl (C=O) groups is 1. The van der Waals surface area contributed by atoms with Gasteiger partial charge in [-0.1, -0.05) is 35.3 Å². The molecule has 1 atom stereocenters. The summed E-state index contributed by atoms with van der Waals surface area (Å²) in [5.41, 5.74) is 2.26. The molecule has 9 heteroatoms. The molecule has 0 spiro atoms. The van der Waals surface area contributed by atoms with E-state index in [4.69, 9.17) is 27.9 Å². The average Bonchev–Trinajstić information content (AvgIpc) is 2.99. The Kier molecular flexibility index (Phi) is 4.44. The Balaban J connectivity index is 1.72. The van der Waals surface area contributed by atoms with Crippen LogP contribution in [0.1, 0.15) is 11.6 Å². The van der Waals surface area contributed by atoms with E-state index in [-0.39, 0.29) is 6.04 Å². The molecule has 26 heavy (non-hydrogen) atoms. The van der Waals surface area contributed by atoms with Crippen LogP contribution in [0, 0.1) is 0 Å². The maximum atomic E-state index is 11.4. The van der Waals surface area contributed by atoms with Crippen LogP contribution in [-0.4, -0.2) is 50.4 Å². The van der Waals surface area contributed by atoms with E-state index in [2.05, 4.69) is 9.97 Å². The van der Waals surface area contributed by atoms with Crippen LogP contribution in [0.25, 0.3) is 16.7 Å². The van der Waals surface area contributed by atoms with Crippen molar-refractivity contribution >= 4 is 40.3 Å². The first-order valence-electron chi connectivity index (χ1n) is 7.91. The molecule has 7 nitrogen and oxygen atoms in total. The van der Waals surface area contributed by atoms with Gasteiger partial charge in [0, 0.05) is 12.2 Å². The molecule has 3 heterocycles. The van der Waals surface area contributed by atoms with Gasteiger partial charge >= 0.3 is 6.09 Å². The van der Waals surface area contributed by atoms with E-state index in [0.717, 1.165) is 11.3 Å². The maximum absolute atomic E-state index is 11.4. The van der Waals surface area contributed by atoms with Gasteiger partial charge < -0.3 is 9.84 Å². The second kappa shape index (κ2) is 6.75. The second-order valence-corrected chi connectivity index (χ2v) is 6.61. The highest BCUT2D eigenvalue weighted by molar-refractivity contribution is 6.36. The number of hydrogen-bond acceptors (Lipinski definition) is 4. The van der Waals surface area contributed by atoms with Crippen molar-refractivity contribution in [3.05, 3.63) is 52.5 Å². The van der Waals surface area contributed by atoms with Crippen molar-refractivity contribution < 1.29 is 14.6 Å². The van der Waals surface area contributed by atoms with Gasteiger partial charge in [0.05, 0.1) is 24.6 Å². The normalized spacial score (nSPS) is 17.6. The summed E-state index contributed by atoms with van der Waals surface area (Å²) in [4.78, 5) is 21.1. The molecule has 1 fully saturated rings. The lowest BCUT2D eigenvalue weighted by atomic mass is 10.0. The van der Waals surface area contributed by atoms with Gasteiger partial charge in [-0.05, 0) is 23.8 Å². The Morgan fingerprint density at radius 3 is 2.73 bits per heavy atom. The highest BCUT2D eigenvalue weighted by Gasteiger charge is 2.28. The van der Waals surface area contributed by atoms with Crippen LogP contribution < -0.4 is 0 Å². The molecule has 0 radical (unpaired) electrons. The summed E-state index contributed by atoms with van der Waals surface area (Å²) in [7, 11) is 0. The fraction of sp³-hybridized carbons (Fsp3) is 0.235. The van der Waals surface area contributed by atoms with Crippen molar-refractivity contribution in [3.8, 4) is 5.69 Å². The first-order valence-corrected chi connectivity index (χ1v) is 8.67. The summed E-state index contributed by atoms with van der Waals surface area (Å²) in [6.45, 7) is 1.10. The Morgan fingerprint density at radius 2 is 2.00 bits per heavy atom. The Morgan fingerprint density at radius 1 is 1.23 bits per heavy atom. The van der Waals surface area contributed by atoms with Crippen molar-refractivity contribution in [1.29, 1.82) is 0 Å². The summed E-state index contributed by atoms with van der Waals surface area (Å²) in [6, 6.07) is 8.86. The van der Waals surface area contributed by atoms with E-state index in [1.165, 1.54) is 11.2 Å². The zero-order valence-electron chi connectivity index (χ0n) is 13.5. The molecule has 0 bridgehead atoms. The number of benzene rings is 1. The van der Waals surface area contributed by atoms with Crippen molar-refractivity contribution in [2.45, 2.75) is 6.04 Å². The zero-order valence-corrected chi connectivity index (χ0v) is 15.0. The number of hydrogen-bond donors (Lipinski definition) is 1. The Bertz CT molecular complexity index is 974. The second-order valence-electron chi connectivity index (χ2n) is 5.86. The minimum Gasteiger partial charge on any atom is -0.465 e. The third kappa shape index (κ3) is 2.88. The van der Waals surface area contributed by atoms with Gasteiger partial charge in [0.1, 0.15) is 16.6 Å². The fourth-order valence-electron chi connectivity index (χ4n) is 3.15. The smallest absolute Gasteiger partial charge is 0.407 e. The maximum Gasteiger partial charge on any atom is 0.407 e. The number of amides is 1. The van der Waals surface area contributed by atoms with E-state index < -0.39 is 6.09 Å². The van der Waals surface area contributed by atoms with Gasteiger partial charge in [0.25, 0.3) is 0 Å². The molecule has 4 rings (SSSR count). The van der Waals surface area contributed by atoms with Crippen LogP contribution >= 0.6 is 23.2 Å². The summed E-state index contributed by atoms with van der Waals surface area (Å²) < 4.78 is 7.21. The molecule has 0 unspecified atom stereocenters. The molecular formula is C17H14Cl2N4O3. The quantitative estimate of drug-likeness (QED) is 0.671. The van der Waals surface area contributed by atoms with E-state index in [9.17, 15) is 9.90 Å². The Labute approximate surface area is 158 Å². The highest BCUT2D eigenvalue weighted by atomic mass is 35.5. The number of nitrogens with zero attached hydrogens (tertiary/aromatic N) is 4. The monoisotopic (exact) mass is 392 g/mol. The molecule has 1 aliphatic rings. The lowest BCUT2D eigenvalue weighted by molar-refractivity contribution is -0.000893. The third-order valence-electron chi connectivity index (χ3n) is 4.41. The number of aromatic nitrogens is 3. The first-order chi connectivity index (χ1) is 12.6. The van der Waals surface area contributed by atoms with Crippen LogP contribution in [0.3, 0.4) is 0 Å². The summed E-state index contributed by atoms with van der Waals surface area (Å²) >= 11 is 12.5. The van der Waals surface area contributed by atoms with Gasteiger partial charge in [-0.3, -0.25) is 9.47 Å². The molecule has 1 N–H and O–H groups in total. The van der Waals surface area contributed by atoms with Crippen molar-refractivity contribution in [1.82, 2.24) is 19.4 Å². The molecule has 3 aromatic rings. The van der Waals surface area contributed by atoms with Crippen molar-refractivity contribution in [3.63, 3.8) is 0 Å². The Hall–Kier alpha value is -2.35. The highest BCUT2D eigenvalue weighted by Crippen LogP contribution is 2.31. The SMILES string of the molecule is O=C(O)N1CCOC[C@@H]1c1ccc(-n2c(Cl)cc3c(Cl)ncnc32)cc1. The number of rotatable bonds is 2. The van der Waals surface area contributed by atoms with Gasteiger partial charge in [0.15, 0.2) is 5.65 Å². The van der Waals surface area contributed by atoms with Gasteiger partial charge in [-0.15, -0.1) is 0 Å². The summed E-state index contributed by atoms with van der Waals surface area (Å²) in [5, 5.41) is 10.8. The molecule has 1 aliphatic heterocycles. The summed E-state index contributed by atoms with van der Waals surface area (Å²) in [6.07, 6.45) is 0.434. The third-order valence-corrected chi connectivity index (χ3v) is 4.99. The molecule has 0 aliphatic carbocycles. The molecule has 1 aromatic carbocycles. The topological polar surface area (TPSA) is 80.5 Å². The summed E-state index contributed by atoms with van der Waals surface area (Å²) in [5.74, 6) is 0. The standard InChI is InChI=1S/C17H14Cl2N4O3/c18-14-7-12-15(19)20-9-21-16(12)23(14)11-3-1-10(2-4-11)13-8-26-6-5-22(13)17(24)25/h1-4,7,9,13H,5-6,8H2,(H,24,25)/t13-/m1/s1. The lowest BCUT2D eigenvalue weighted by Crippen LogP contribution is -2.42. The fourth-order valence-corrected chi connectivity index (χ4v) is 3.62. The molecular weight excluding hydrogens is 379 g/mol. The van der Waals surface area contributed by atoms with Crippen LogP contribution in [0.15, 0.2) is 36.7 Å². The van der Waals surface area contributed by atoms with E-state index in [1.807, 2.05) is 24.3 Å². The van der Waals surface area contributed by atoms with E-state index in [1.54, 1.807) is 10.6 Å². The largest absolute Gasteiger partial charge is 0.465 e. The van der Waals surface area contributed by atoms with Gasteiger partial charge in [-0.2, -0.15) is 0 Å². The van der Waals surface area contributed by atoms with Crippen LogP contribution in [0.5, 0.6) is 0 Å². The minimum atomic E-state index is -0.951. The van der Waals surface area contributed by atoms with Crippen molar-refractivity contribution in [2.24, 2.45) is 0 Å². The number of fused-ring (bicyclic) bond motifs is 1. The van der Waals surface area contributed by atoms with Crippen LogP contribution in [0.4, 0.5) is 4.79 Å². The first kappa shape index (κ1) is 17.1. The minimum absolute atomic E-state index is 0.330. The number of carboxylic acid groups (broad SMARTS) is 1. The lowest BCUT2D eigenvalue weighted by Gasteiger charge is -2.33. The van der Waals surface area contributed by atoms with E-state index in [0.29, 0.717) is 41.1 Å². The van der Waals surface area contributed by atoms with Gasteiger partial charge in [-0.25, -0.2) is 14.8 Å². The zero-order chi connectivity index (χ0) is 18.3.